The predicted molar refractivity (Wildman–Crippen MR) is 53.5 cm³/mol. The lowest BCUT2D eigenvalue weighted by Crippen LogP contribution is -2.33. The Bertz CT molecular complexity index is 187. The van der Waals surface area contributed by atoms with E-state index in [1.165, 1.54) is 0 Å². The topological polar surface area (TPSA) is 18.5 Å². The van der Waals surface area contributed by atoms with E-state index in [9.17, 15) is 0 Å². The van der Waals surface area contributed by atoms with Gasteiger partial charge in [0.15, 0.2) is 0 Å². The third kappa shape index (κ3) is 2.98. The molecule has 0 spiro atoms. The summed E-state index contributed by atoms with van der Waals surface area (Å²) in [7, 11) is 1.65. The molecule has 0 heterocycles. The highest BCUT2D eigenvalue weighted by Crippen LogP contribution is 2.31. The maximum Gasteiger partial charge on any atom is 0.147 e. The number of hydrogen-bond donors (Lipinski definition) is 0. The van der Waals surface area contributed by atoms with Crippen molar-refractivity contribution in [2.24, 2.45) is 0 Å². The second kappa shape index (κ2) is 5.20. The summed E-state index contributed by atoms with van der Waals surface area (Å²) in [5.74, 6) is 0. The fraction of sp³-hybridized carbons (Fsp3) is 0.636. The molecule has 0 unspecified atom stereocenters. The molecule has 74 valence electrons. The van der Waals surface area contributed by atoms with Crippen molar-refractivity contribution in [3.63, 3.8) is 0 Å². The van der Waals surface area contributed by atoms with Crippen molar-refractivity contribution in [2.45, 2.75) is 31.3 Å². The van der Waals surface area contributed by atoms with Crippen LogP contribution in [0, 0.1) is 0 Å². The molecule has 1 aliphatic rings. The van der Waals surface area contributed by atoms with Gasteiger partial charge < -0.3 is 9.47 Å². The Balaban J connectivity index is 2.51. The monoisotopic (exact) mass is 182 g/mol. The number of allylic oxidation sites excluding steroid dienone is 1. The van der Waals surface area contributed by atoms with Crippen LogP contribution in [0.5, 0.6) is 0 Å². The van der Waals surface area contributed by atoms with Gasteiger partial charge in [-0.25, -0.2) is 0 Å². The molecule has 0 saturated heterocycles. The summed E-state index contributed by atoms with van der Waals surface area (Å²) >= 11 is 0. The van der Waals surface area contributed by atoms with Crippen LogP contribution in [0.4, 0.5) is 0 Å². The molecule has 0 fully saturated rings. The molecule has 0 saturated carbocycles. The predicted octanol–water partition coefficient (Wildman–Crippen LogP) is 2.66. The van der Waals surface area contributed by atoms with E-state index in [1.54, 1.807) is 7.11 Å². The molecule has 1 atom stereocenters. The second-order valence-corrected chi connectivity index (χ2v) is 3.44. The Morgan fingerprint density at radius 3 is 2.92 bits per heavy atom. The smallest absolute Gasteiger partial charge is 0.147 e. The van der Waals surface area contributed by atoms with Crippen molar-refractivity contribution in [3.05, 3.63) is 24.8 Å². The number of rotatable bonds is 5. The van der Waals surface area contributed by atoms with Crippen molar-refractivity contribution in [1.29, 1.82) is 0 Å². The van der Waals surface area contributed by atoms with Crippen LogP contribution >= 0.6 is 0 Å². The Morgan fingerprint density at radius 1 is 1.54 bits per heavy atom. The van der Waals surface area contributed by atoms with Crippen LogP contribution in [0.3, 0.4) is 0 Å². The van der Waals surface area contributed by atoms with E-state index < -0.39 is 0 Å². The highest BCUT2D eigenvalue weighted by atomic mass is 16.7. The molecule has 0 aromatic carbocycles. The van der Waals surface area contributed by atoms with Gasteiger partial charge in [-0.05, 0) is 25.7 Å². The summed E-state index contributed by atoms with van der Waals surface area (Å²) in [6.45, 7) is 4.14. The van der Waals surface area contributed by atoms with Gasteiger partial charge in [0.05, 0.1) is 5.60 Å². The van der Waals surface area contributed by atoms with E-state index in [2.05, 4.69) is 18.7 Å². The zero-order valence-electron chi connectivity index (χ0n) is 8.29. The Kier molecular flexibility index (Phi) is 4.19. The molecule has 1 aliphatic carbocycles. The molecular formula is C11H18O2. The van der Waals surface area contributed by atoms with Crippen LogP contribution in [-0.4, -0.2) is 19.5 Å². The van der Waals surface area contributed by atoms with E-state index in [0.717, 1.165) is 25.7 Å². The minimum absolute atomic E-state index is 0.0491. The van der Waals surface area contributed by atoms with Gasteiger partial charge in [0.2, 0.25) is 0 Å². The van der Waals surface area contributed by atoms with Gasteiger partial charge in [0, 0.05) is 7.11 Å². The van der Waals surface area contributed by atoms with Gasteiger partial charge in [0.25, 0.3) is 0 Å². The molecule has 0 amide bonds. The van der Waals surface area contributed by atoms with Gasteiger partial charge in [-0.3, -0.25) is 0 Å². The first-order chi connectivity index (χ1) is 6.33. The first-order valence-corrected chi connectivity index (χ1v) is 4.72. The lowest BCUT2D eigenvalue weighted by molar-refractivity contribution is -0.132. The summed E-state index contributed by atoms with van der Waals surface area (Å²) in [6, 6.07) is 0. The van der Waals surface area contributed by atoms with Gasteiger partial charge in [-0.15, -0.1) is 6.58 Å². The minimum Gasteiger partial charge on any atom is -0.359 e. The highest BCUT2D eigenvalue weighted by Gasteiger charge is 2.29. The van der Waals surface area contributed by atoms with Crippen LogP contribution in [0.15, 0.2) is 24.8 Å². The number of methoxy groups -OCH3 is 1. The average molecular weight is 182 g/mol. The molecule has 0 aliphatic heterocycles. The maximum atomic E-state index is 5.72. The third-order valence-electron chi connectivity index (χ3n) is 2.42. The molecule has 0 aromatic rings. The normalized spacial score (nSPS) is 27.5. The van der Waals surface area contributed by atoms with Crippen molar-refractivity contribution in [2.75, 3.05) is 13.9 Å². The Labute approximate surface area is 80.2 Å². The van der Waals surface area contributed by atoms with Crippen LogP contribution in [0.1, 0.15) is 25.7 Å². The summed E-state index contributed by atoms with van der Waals surface area (Å²) in [5.41, 5.74) is -0.0491. The van der Waals surface area contributed by atoms with E-state index in [4.69, 9.17) is 9.47 Å². The minimum atomic E-state index is -0.0491. The lowest BCUT2D eigenvalue weighted by Gasteiger charge is -2.33. The van der Waals surface area contributed by atoms with E-state index in [1.807, 2.05) is 6.08 Å². The SMILES string of the molecule is C=CC[C@]1(OCOC)CC=CCC1. The van der Waals surface area contributed by atoms with Crippen molar-refractivity contribution < 1.29 is 9.47 Å². The first-order valence-electron chi connectivity index (χ1n) is 4.72. The zero-order chi connectivity index (χ0) is 9.57. The Hall–Kier alpha value is -0.600. The summed E-state index contributed by atoms with van der Waals surface area (Å²) < 4.78 is 10.7. The standard InChI is InChI=1S/C11H18O2/c1-3-7-11(13-10-12-2)8-5-4-6-9-11/h3-5H,1,6-10H2,2H3/t11-/m0/s1. The van der Waals surface area contributed by atoms with Crippen LogP contribution in [-0.2, 0) is 9.47 Å². The molecule has 1 rings (SSSR count). The first kappa shape index (κ1) is 10.5. The van der Waals surface area contributed by atoms with Crippen LogP contribution < -0.4 is 0 Å². The average Bonchev–Trinajstić information content (AvgIpc) is 2.17. The quantitative estimate of drug-likeness (QED) is 0.480. The summed E-state index contributed by atoms with van der Waals surface area (Å²) in [5, 5.41) is 0. The van der Waals surface area contributed by atoms with E-state index >= 15 is 0 Å². The van der Waals surface area contributed by atoms with Crippen molar-refractivity contribution >= 4 is 0 Å². The van der Waals surface area contributed by atoms with Crippen molar-refractivity contribution in [3.8, 4) is 0 Å². The van der Waals surface area contributed by atoms with Crippen LogP contribution in [0.2, 0.25) is 0 Å². The number of hydrogen-bond acceptors (Lipinski definition) is 2. The van der Waals surface area contributed by atoms with E-state index in [0.29, 0.717) is 6.79 Å². The van der Waals surface area contributed by atoms with Gasteiger partial charge in [0.1, 0.15) is 6.79 Å². The van der Waals surface area contributed by atoms with Gasteiger partial charge >= 0.3 is 0 Å². The Morgan fingerprint density at radius 2 is 2.38 bits per heavy atom. The van der Waals surface area contributed by atoms with E-state index in [-0.39, 0.29) is 5.60 Å². The molecular weight excluding hydrogens is 164 g/mol. The molecule has 0 aromatic heterocycles. The van der Waals surface area contributed by atoms with Crippen LogP contribution in [0.25, 0.3) is 0 Å². The highest BCUT2D eigenvalue weighted by molar-refractivity contribution is 5.01. The molecule has 0 N–H and O–H groups in total. The second-order valence-electron chi connectivity index (χ2n) is 3.44. The zero-order valence-corrected chi connectivity index (χ0v) is 8.29. The maximum absolute atomic E-state index is 5.72. The van der Waals surface area contributed by atoms with Gasteiger partial charge in [-0.1, -0.05) is 18.2 Å². The molecule has 2 heteroatoms. The number of ether oxygens (including phenoxy) is 2. The third-order valence-corrected chi connectivity index (χ3v) is 2.42. The summed E-state index contributed by atoms with van der Waals surface area (Å²) in [6.07, 6.45) is 10.4. The van der Waals surface area contributed by atoms with Gasteiger partial charge in [-0.2, -0.15) is 0 Å². The molecule has 2 nitrogen and oxygen atoms in total. The summed E-state index contributed by atoms with van der Waals surface area (Å²) in [4.78, 5) is 0. The lowest BCUT2D eigenvalue weighted by atomic mass is 9.86. The molecule has 13 heavy (non-hydrogen) atoms. The van der Waals surface area contributed by atoms with Crippen molar-refractivity contribution in [1.82, 2.24) is 0 Å². The fourth-order valence-electron chi connectivity index (χ4n) is 1.69. The largest absolute Gasteiger partial charge is 0.359 e. The molecule has 0 bridgehead atoms. The molecule has 0 radical (unpaired) electrons. The fourth-order valence-corrected chi connectivity index (χ4v) is 1.69.